The Balaban J connectivity index is 0.00000225. The number of hydrogen-bond donors (Lipinski definition) is 2. The molecular formula is C19H24ClN3O2. The number of nitrogens with zero attached hydrogens (tertiary/aromatic N) is 1. The summed E-state index contributed by atoms with van der Waals surface area (Å²) < 4.78 is 0. The molecule has 5 nitrogen and oxygen atoms in total. The summed E-state index contributed by atoms with van der Waals surface area (Å²) in [6, 6.07) is 13.9. The zero-order valence-electron chi connectivity index (χ0n) is 14.3. The van der Waals surface area contributed by atoms with Crippen molar-refractivity contribution >= 4 is 40.7 Å². The average Bonchev–Trinajstić information content (AvgIpc) is 3.00. The summed E-state index contributed by atoms with van der Waals surface area (Å²) >= 11 is 0. The number of likely N-dealkylation sites (N-methyl/N-ethyl adjacent to an activating group) is 1. The van der Waals surface area contributed by atoms with Gasteiger partial charge in [0.25, 0.3) is 0 Å². The second-order valence-corrected chi connectivity index (χ2v) is 6.05. The molecule has 0 radical (unpaired) electrons. The Bertz CT molecular complexity index is 745. The van der Waals surface area contributed by atoms with Gasteiger partial charge in [-0.2, -0.15) is 0 Å². The molecule has 2 N–H and O–H groups in total. The molecule has 1 saturated heterocycles. The second kappa shape index (κ2) is 8.83. The van der Waals surface area contributed by atoms with Crippen LogP contribution in [0.5, 0.6) is 0 Å². The summed E-state index contributed by atoms with van der Waals surface area (Å²) in [5.74, 6) is -0.305. The quantitative estimate of drug-likeness (QED) is 0.776. The van der Waals surface area contributed by atoms with Gasteiger partial charge in [0, 0.05) is 31.4 Å². The van der Waals surface area contributed by atoms with E-state index >= 15 is 0 Å². The van der Waals surface area contributed by atoms with Gasteiger partial charge in [-0.1, -0.05) is 43.3 Å². The van der Waals surface area contributed by atoms with E-state index in [1.54, 1.807) is 4.90 Å². The van der Waals surface area contributed by atoms with E-state index in [4.69, 9.17) is 0 Å². The minimum atomic E-state index is -0.280. The highest BCUT2D eigenvalue weighted by Gasteiger charge is 2.35. The van der Waals surface area contributed by atoms with Gasteiger partial charge < -0.3 is 15.5 Å². The molecule has 1 aliphatic rings. The minimum Gasteiger partial charge on any atom is -0.355 e. The Labute approximate surface area is 154 Å². The molecule has 0 aliphatic carbocycles. The first kappa shape index (κ1) is 19.2. The number of halogens is 1. The zero-order valence-corrected chi connectivity index (χ0v) is 15.1. The number of fused-ring (bicyclic) bond motifs is 1. The van der Waals surface area contributed by atoms with Crippen LogP contribution in [-0.4, -0.2) is 38.0 Å². The van der Waals surface area contributed by atoms with E-state index in [0.717, 1.165) is 29.5 Å². The van der Waals surface area contributed by atoms with Crippen LogP contribution in [0.15, 0.2) is 42.5 Å². The molecule has 2 aromatic carbocycles. The predicted octanol–water partition coefficient (Wildman–Crippen LogP) is 2.34. The fourth-order valence-corrected chi connectivity index (χ4v) is 3.15. The predicted molar refractivity (Wildman–Crippen MR) is 103 cm³/mol. The number of carbonyl (C=O) groups excluding carboxylic acids is 2. The number of hydrogen-bond acceptors (Lipinski definition) is 3. The highest BCUT2D eigenvalue weighted by Crippen LogP contribution is 2.31. The third-order valence-electron chi connectivity index (χ3n) is 4.40. The maximum Gasteiger partial charge on any atom is 0.227 e. The fraction of sp³-hybridized carbons (Fsp3) is 0.368. The zero-order chi connectivity index (χ0) is 16.9. The van der Waals surface area contributed by atoms with Gasteiger partial charge in [-0.05, 0) is 18.0 Å². The lowest BCUT2D eigenvalue weighted by Crippen LogP contribution is -2.37. The maximum atomic E-state index is 12.4. The van der Waals surface area contributed by atoms with Gasteiger partial charge in [-0.15, -0.1) is 12.4 Å². The minimum absolute atomic E-state index is 0. The smallest absolute Gasteiger partial charge is 0.227 e. The van der Waals surface area contributed by atoms with Gasteiger partial charge in [-0.3, -0.25) is 9.59 Å². The molecular weight excluding hydrogens is 338 g/mol. The van der Waals surface area contributed by atoms with Crippen LogP contribution in [0.25, 0.3) is 10.8 Å². The van der Waals surface area contributed by atoms with Crippen molar-refractivity contribution in [2.45, 2.75) is 13.3 Å². The van der Waals surface area contributed by atoms with E-state index < -0.39 is 0 Å². The molecule has 1 fully saturated rings. The summed E-state index contributed by atoms with van der Waals surface area (Å²) in [4.78, 5) is 26.5. The van der Waals surface area contributed by atoms with E-state index in [-0.39, 0.29) is 36.6 Å². The molecule has 2 amide bonds. The van der Waals surface area contributed by atoms with Crippen molar-refractivity contribution in [3.05, 3.63) is 42.5 Å². The van der Waals surface area contributed by atoms with Crippen molar-refractivity contribution in [2.75, 3.05) is 31.1 Å². The van der Waals surface area contributed by atoms with Crippen molar-refractivity contribution in [1.29, 1.82) is 0 Å². The Hall–Kier alpha value is -2.11. The topological polar surface area (TPSA) is 61.4 Å². The first-order chi connectivity index (χ1) is 11.7. The molecule has 3 rings (SSSR count). The molecule has 1 atom stereocenters. The summed E-state index contributed by atoms with van der Waals surface area (Å²) in [5, 5.41) is 8.22. The highest BCUT2D eigenvalue weighted by molar-refractivity contribution is 6.06. The molecule has 134 valence electrons. The van der Waals surface area contributed by atoms with Gasteiger partial charge in [0.15, 0.2) is 0 Å². The van der Waals surface area contributed by atoms with Gasteiger partial charge in [0.05, 0.1) is 11.6 Å². The largest absolute Gasteiger partial charge is 0.355 e. The first-order valence-electron chi connectivity index (χ1n) is 8.47. The van der Waals surface area contributed by atoms with Crippen LogP contribution >= 0.6 is 12.4 Å². The molecule has 0 aromatic heterocycles. The molecule has 0 saturated carbocycles. The van der Waals surface area contributed by atoms with Gasteiger partial charge >= 0.3 is 0 Å². The van der Waals surface area contributed by atoms with E-state index in [0.29, 0.717) is 13.1 Å². The van der Waals surface area contributed by atoms with Crippen LogP contribution in [0.3, 0.4) is 0 Å². The lowest BCUT2D eigenvalue weighted by Gasteiger charge is -2.19. The number of amides is 2. The van der Waals surface area contributed by atoms with Crippen molar-refractivity contribution < 1.29 is 9.59 Å². The monoisotopic (exact) mass is 361 g/mol. The normalized spacial score (nSPS) is 16.8. The van der Waals surface area contributed by atoms with Gasteiger partial charge in [0.2, 0.25) is 11.8 Å². The van der Waals surface area contributed by atoms with Crippen molar-refractivity contribution in [3.63, 3.8) is 0 Å². The third-order valence-corrected chi connectivity index (χ3v) is 4.40. The van der Waals surface area contributed by atoms with Crippen LogP contribution in [0.1, 0.15) is 13.3 Å². The molecule has 25 heavy (non-hydrogen) atoms. The van der Waals surface area contributed by atoms with Crippen LogP contribution in [0.2, 0.25) is 0 Å². The van der Waals surface area contributed by atoms with E-state index in [1.807, 2.05) is 49.4 Å². The molecule has 2 aromatic rings. The summed E-state index contributed by atoms with van der Waals surface area (Å²) in [7, 11) is 0. The third kappa shape index (κ3) is 4.30. The Kier molecular flexibility index (Phi) is 6.79. The number of anilines is 1. The van der Waals surface area contributed by atoms with Gasteiger partial charge in [-0.25, -0.2) is 0 Å². The molecule has 1 heterocycles. The van der Waals surface area contributed by atoms with Crippen molar-refractivity contribution in [1.82, 2.24) is 10.6 Å². The standard InChI is InChI=1S/C19H23N3O2.ClH/c1-2-20-10-11-21-19(24)15-12-18(23)22(13-15)17-9-5-7-14-6-3-4-8-16(14)17;/h3-9,15,20H,2,10-13H2,1H3,(H,21,24);1H. The maximum absolute atomic E-state index is 12.4. The Morgan fingerprint density at radius 2 is 1.92 bits per heavy atom. The lowest BCUT2D eigenvalue weighted by molar-refractivity contribution is -0.126. The number of rotatable bonds is 6. The summed E-state index contributed by atoms with van der Waals surface area (Å²) in [6.07, 6.45) is 0.274. The number of nitrogens with one attached hydrogen (secondary N) is 2. The SMILES string of the molecule is CCNCCNC(=O)C1CC(=O)N(c2cccc3ccccc23)C1.Cl. The molecule has 1 unspecified atom stereocenters. The Morgan fingerprint density at radius 3 is 2.72 bits per heavy atom. The average molecular weight is 362 g/mol. The van der Waals surface area contributed by atoms with Crippen LogP contribution in [0, 0.1) is 5.92 Å². The van der Waals surface area contributed by atoms with Crippen LogP contribution < -0.4 is 15.5 Å². The number of carbonyl (C=O) groups is 2. The van der Waals surface area contributed by atoms with Crippen molar-refractivity contribution in [2.24, 2.45) is 5.92 Å². The summed E-state index contributed by atoms with van der Waals surface area (Å²) in [6.45, 7) is 4.69. The second-order valence-electron chi connectivity index (χ2n) is 6.05. The molecule has 6 heteroatoms. The van der Waals surface area contributed by atoms with E-state index in [9.17, 15) is 9.59 Å². The van der Waals surface area contributed by atoms with Crippen LogP contribution in [0.4, 0.5) is 5.69 Å². The number of benzene rings is 2. The summed E-state index contributed by atoms with van der Waals surface area (Å²) in [5.41, 5.74) is 0.890. The van der Waals surface area contributed by atoms with Crippen molar-refractivity contribution in [3.8, 4) is 0 Å². The van der Waals surface area contributed by atoms with E-state index in [1.165, 1.54) is 0 Å². The Morgan fingerprint density at radius 1 is 1.16 bits per heavy atom. The van der Waals surface area contributed by atoms with Crippen LogP contribution in [-0.2, 0) is 9.59 Å². The molecule has 1 aliphatic heterocycles. The molecule has 0 spiro atoms. The fourth-order valence-electron chi connectivity index (χ4n) is 3.15. The first-order valence-corrected chi connectivity index (χ1v) is 8.47. The molecule has 0 bridgehead atoms. The van der Waals surface area contributed by atoms with Gasteiger partial charge in [0.1, 0.15) is 0 Å². The lowest BCUT2D eigenvalue weighted by atomic mass is 10.1. The van der Waals surface area contributed by atoms with E-state index in [2.05, 4.69) is 10.6 Å². The highest BCUT2D eigenvalue weighted by atomic mass is 35.5.